The zero-order chi connectivity index (χ0) is 13.2. The average Bonchev–Trinajstić information content (AvgIpc) is 2.86. The SMILES string of the molecule is Cc1ccnn1Cc1ccc(CNC(C)(C)C)o1. The number of hydrogen-bond donors (Lipinski definition) is 1. The molecule has 2 aromatic rings. The van der Waals surface area contributed by atoms with Crippen LogP contribution in [0.25, 0.3) is 0 Å². The highest BCUT2D eigenvalue weighted by atomic mass is 16.3. The first-order valence-corrected chi connectivity index (χ1v) is 6.25. The summed E-state index contributed by atoms with van der Waals surface area (Å²) in [6.07, 6.45) is 1.81. The molecule has 0 amide bonds. The first-order chi connectivity index (χ1) is 8.44. The molecule has 2 aromatic heterocycles. The first kappa shape index (κ1) is 12.9. The van der Waals surface area contributed by atoms with Crippen LogP contribution in [0.1, 0.15) is 38.0 Å². The van der Waals surface area contributed by atoms with Crippen LogP contribution in [0.2, 0.25) is 0 Å². The van der Waals surface area contributed by atoms with Crippen molar-refractivity contribution in [2.45, 2.75) is 46.3 Å². The van der Waals surface area contributed by atoms with E-state index in [-0.39, 0.29) is 5.54 Å². The fraction of sp³-hybridized carbons (Fsp3) is 0.500. The highest BCUT2D eigenvalue weighted by Crippen LogP contribution is 2.11. The second-order valence-electron chi connectivity index (χ2n) is 5.60. The van der Waals surface area contributed by atoms with E-state index in [1.807, 2.05) is 29.8 Å². The van der Waals surface area contributed by atoms with E-state index in [0.29, 0.717) is 6.54 Å². The summed E-state index contributed by atoms with van der Waals surface area (Å²) in [5.41, 5.74) is 1.24. The number of hydrogen-bond acceptors (Lipinski definition) is 3. The Morgan fingerprint density at radius 2 is 1.94 bits per heavy atom. The molecule has 0 atom stereocenters. The quantitative estimate of drug-likeness (QED) is 0.903. The van der Waals surface area contributed by atoms with Crippen LogP contribution in [0, 0.1) is 6.92 Å². The molecule has 0 radical (unpaired) electrons. The molecule has 0 fully saturated rings. The summed E-state index contributed by atoms with van der Waals surface area (Å²) >= 11 is 0. The third-order valence-corrected chi connectivity index (χ3v) is 2.74. The molecule has 0 bridgehead atoms. The van der Waals surface area contributed by atoms with E-state index in [1.165, 1.54) is 0 Å². The molecule has 4 heteroatoms. The van der Waals surface area contributed by atoms with Crippen molar-refractivity contribution in [1.82, 2.24) is 15.1 Å². The van der Waals surface area contributed by atoms with Crippen LogP contribution in [0.15, 0.2) is 28.8 Å². The van der Waals surface area contributed by atoms with Gasteiger partial charge in [-0.3, -0.25) is 4.68 Å². The van der Waals surface area contributed by atoms with Gasteiger partial charge in [0.15, 0.2) is 0 Å². The molecule has 2 heterocycles. The minimum atomic E-state index is 0.103. The van der Waals surface area contributed by atoms with E-state index in [1.54, 1.807) is 6.20 Å². The summed E-state index contributed by atoms with van der Waals surface area (Å²) in [6, 6.07) is 6.03. The van der Waals surface area contributed by atoms with Crippen molar-refractivity contribution < 1.29 is 4.42 Å². The Hall–Kier alpha value is -1.55. The van der Waals surface area contributed by atoms with Crippen LogP contribution >= 0.6 is 0 Å². The lowest BCUT2D eigenvalue weighted by Crippen LogP contribution is -2.34. The van der Waals surface area contributed by atoms with Gasteiger partial charge < -0.3 is 9.73 Å². The molecule has 0 aliphatic rings. The van der Waals surface area contributed by atoms with Crippen LogP contribution in [0.3, 0.4) is 0 Å². The van der Waals surface area contributed by atoms with Crippen molar-refractivity contribution in [2.75, 3.05) is 0 Å². The van der Waals surface area contributed by atoms with Crippen molar-refractivity contribution in [3.8, 4) is 0 Å². The molecule has 0 aromatic carbocycles. The van der Waals surface area contributed by atoms with Gasteiger partial charge in [0.25, 0.3) is 0 Å². The zero-order valence-corrected chi connectivity index (χ0v) is 11.5. The number of aromatic nitrogens is 2. The standard InChI is InChI=1S/C14H21N3O/c1-11-7-8-16-17(11)10-13-6-5-12(18-13)9-15-14(2,3)4/h5-8,15H,9-10H2,1-4H3. The fourth-order valence-electron chi connectivity index (χ4n) is 1.67. The summed E-state index contributed by atoms with van der Waals surface area (Å²) in [4.78, 5) is 0. The van der Waals surface area contributed by atoms with Gasteiger partial charge in [-0.05, 0) is 45.9 Å². The molecule has 2 rings (SSSR count). The Morgan fingerprint density at radius 3 is 2.56 bits per heavy atom. The maximum Gasteiger partial charge on any atom is 0.125 e. The van der Waals surface area contributed by atoms with Crippen LogP contribution < -0.4 is 5.32 Å². The Bertz CT molecular complexity index is 505. The van der Waals surface area contributed by atoms with Crippen molar-refractivity contribution >= 4 is 0 Å². The molecule has 0 unspecified atom stereocenters. The number of nitrogens with one attached hydrogen (secondary N) is 1. The monoisotopic (exact) mass is 247 g/mol. The van der Waals surface area contributed by atoms with Crippen LogP contribution in [-0.2, 0) is 13.1 Å². The average molecular weight is 247 g/mol. The van der Waals surface area contributed by atoms with Gasteiger partial charge in [0, 0.05) is 17.4 Å². The third kappa shape index (κ3) is 3.47. The molecule has 0 spiro atoms. The lowest BCUT2D eigenvalue weighted by molar-refractivity contribution is 0.374. The van der Waals surface area contributed by atoms with E-state index in [0.717, 1.165) is 23.8 Å². The van der Waals surface area contributed by atoms with E-state index in [9.17, 15) is 0 Å². The van der Waals surface area contributed by atoms with Gasteiger partial charge in [-0.25, -0.2) is 0 Å². The molecule has 4 nitrogen and oxygen atoms in total. The van der Waals surface area contributed by atoms with Gasteiger partial charge in [-0.2, -0.15) is 5.10 Å². The van der Waals surface area contributed by atoms with E-state index in [4.69, 9.17) is 4.42 Å². The molecule has 0 aliphatic carbocycles. The summed E-state index contributed by atoms with van der Waals surface area (Å²) in [5, 5.41) is 7.65. The predicted molar refractivity (Wildman–Crippen MR) is 71.4 cm³/mol. The molecule has 0 aliphatic heterocycles. The Kier molecular flexibility index (Phi) is 3.57. The lowest BCUT2D eigenvalue weighted by Gasteiger charge is -2.19. The van der Waals surface area contributed by atoms with Gasteiger partial charge in [0.05, 0.1) is 13.1 Å². The van der Waals surface area contributed by atoms with Crippen molar-refractivity contribution in [1.29, 1.82) is 0 Å². The minimum absolute atomic E-state index is 0.103. The third-order valence-electron chi connectivity index (χ3n) is 2.74. The van der Waals surface area contributed by atoms with Crippen LogP contribution in [0.5, 0.6) is 0 Å². The smallest absolute Gasteiger partial charge is 0.125 e. The topological polar surface area (TPSA) is 43.0 Å². The molecular formula is C14H21N3O. The van der Waals surface area contributed by atoms with E-state index >= 15 is 0 Å². The molecule has 0 saturated carbocycles. The fourth-order valence-corrected chi connectivity index (χ4v) is 1.67. The maximum absolute atomic E-state index is 5.78. The van der Waals surface area contributed by atoms with Gasteiger partial charge in [0.1, 0.15) is 11.5 Å². The van der Waals surface area contributed by atoms with Crippen LogP contribution in [0.4, 0.5) is 0 Å². The number of nitrogens with zero attached hydrogens (tertiary/aromatic N) is 2. The molecule has 18 heavy (non-hydrogen) atoms. The van der Waals surface area contributed by atoms with Gasteiger partial charge in [-0.1, -0.05) is 0 Å². The first-order valence-electron chi connectivity index (χ1n) is 6.25. The van der Waals surface area contributed by atoms with E-state index < -0.39 is 0 Å². The second kappa shape index (κ2) is 4.98. The second-order valence-corrected chi connectivity index (χ2v) is 5.60. The maximum atomic E-state index is 5.78. The molecule has 0 saturated heterocycles. The zero-order valence-electron chi connectivity index (χ0n) is 11.5. The summed E-state index contributed by atoms with van der Waals surface area (Å²) in [6.45, 7) is 9.91. The Morgan fingerprint density at radius 1 is 1.22 bits per heavy atom. The molecule has 1 N–H and O–H groups in total. The summed E-state index contributed by atoms with van der Waals surface area (Å²) in [5.74, 6) is 1.90. The van der Waals surface area contributed by atoms with Gasteiger partial charge in [-0.15, -0.1) is 0 Å². The predicted octanol–water partition coefficient (Wildman–Crippen LogP) is 2.72. The lowest BCUT2D eigenvalue weighted by atomic mass is 10.1. The highest BCUT2D eigenvalue weighted by molar-refractivity contribution is 5.09. The highest BCUT2D eigenvalue weighted by Gasteiger charge is 2.10. The van der Waals surface area contributed by atoms with Crippen molar-refractivity contribution in [2.24, 2.45) is 0 Å². The molecule has 98 valence electrons. The van der Waals surface area contributed by atoms with Crippen molar-refractivity contribution in [3.63, 3.8) is 0 Å². The van der Waals surface area contributed by atoms with Crippen molar-refractivity contribution in [3.05, 3.63) is 41.6 Å². The Labute approximate surface area is 108 Å². The normalized spacial score (nSPS) is 12.0. The Balaban J connectivity index is 1.96. The van der Waals surface area contributed by atoms with Gasteiger partial charge in [0.2, 0.25) is 0 Å². The number of rotatable bonds is 4. The molecular weight excluding hydrogens is 226 g/mol. The summed E-state index contributed by atoms with van der Waals surface area (Å²) in [7, 11) is 0. The number of aryl methyl sites for hydroxylation is 1. The summed E-state index contributed by atoms with van der Waals surface area (Å²) < 4.78 is 7.71. The number of furan rings is 1. The van der Waals surface area contributed by atoms with Crippen LogP contribution in [-0.4, -0.2) is 15.3 Å². The minimum Gasteiger partial charge on any atom is -0.463 e. The largest absolute Gasteiger partial charge is 0.463 e. The van der Waals surface area contributed by atoms with E-state index in [2.05, 4.69) is 31.2 Å². The van der Waals surface area contributed by atoms with Gasteiger partial charge >= 0.3 is 0 Å².